The third-order valence-corrected chi connectivity index (χ3v) is 4.23. The summed E-state index contributed by atoms with van der Waals surface area (Å²) in [5.41, 5.74) is 3.23. The van der Waals surface area contributed by atoms with E-state index in [-0.39, 0.29) is 5.91 Å². The van der Waals surface area contributed by atoms with E-state index in [2.05, 4.69) is 23.9 Å². The van der Waals surface area contributed by atoms with E-state index in [1.165, 1.54) is 6.42 Å². The molecule has 0 aromatic carbocycles. The van der Waals surface area contributed by atoms with Gasteiger partial charge in [0.05, 0.1) is 17.0 Å². The molecule has 1 amide bonds. The number of hydrogen-bond donors (Lipinski definition) is 0. The minimum absolute atomic E-state index is 0.0773. The van der Waals surface area contributed by atoms with Crippen LogP contribution in [0.25, 0.3) is 5.65 Å². The number of aromatic nitrogens is 3. The molecule has 1 aliphatic rings. The van der Waals surface area contributed by atoms with Gasteiger partial charge in [0.1, 0.15) is 0 Å². The van der Waals surface area contributed by atoms with Crippen LogP contribution in [0.15, 0.2) is 12.3 Å². The first kappa shape index (κ1) is 14.0. The van der Waals surface area contributed by atoms with E-state index in [1.807, 2.05) is 24.8 Å². The molecular formula is C16H22N4O. The van der Waals surface area contributed by atoms with Crippen molar-refractivity contribution in [2.75, 3.05) is 13.1 Å². The Labute approximate surface area is 125 Å². The van der Waals surface area contributed by atoms with Gasteiger partial charge >= 0.3 is 0 Å². The number of rotatable bonds is 1. The Hall–Kier alpha value is -1.91. The maximum absolute atomic E-state index is 12.8. The van der Waals surface area contributed by atoms with Crippen LogP contribution in [0.4, 0.5) is 0 Å². The van der Waals surface area contributed by atoms with E-state index < -0.39 is 0 Å². The summed E-state index contributed by atoms with van der Waals surface area (Å²) in [6.45, 7) is 9.95. The van der Waals surface area contributed by atoms with E-state index in [1.54, 1.807) is 10.7 Å². The summed E-state index contributed by atoms with van der Waals surface area (Å²) in [5, 5.41) is 4.41. The minimum Gasteiger partial charge on any atom is -0.338 e. The molecule has 1 saturated heterocycles. The molecule has 0 radical (unpaired) electrons. The Balaban J connectivity index is 1.96. The van der Waals surface area contributed by atoms with Crippen LogP contribution in [-0.2, 0) is 0 Å². The van der Waals surface area contributed by atoms with Gasteiger partial charge in [-0.1, -0.05) is 13.8 Å². The molecular weight excluding hydrogens is 264 g/mol. The van der Waals surface area contributed by atoms with E-state index in [0.29, 0.717) is 17.4 Å². The van der Waals surface area contributed by atoms with Crippen LogP contribution in [0.5, 0.6) is 0 Å². The summed E-state index contributed by atoms with van der Waals surface area (Å²) in [7, 11) is 0. The summed E-state index contributed by atoms with van der Waals surface area (Å²) >= 11 is 0. The van der Waals surface area contributed by atoms with Crippen molar-refractivity contribution in [2.24, 2.45) is 11.8 Å². The monoisotopic (exact) mass is 286 g/mol. The lowest BCUT2D eigenvalue weighted by molar-refractivity contribution is 0.0621. The first-order valence-corrected chi connectivity index (χ1v) is 7.57. The zero-order valence-corrected chi connectivity index (χ0v) is 13.1. The fourth-order valence-corrected chi connectivity index (χ4v) is 3.37. The molecule has 0 bridgehead atoms. The van der Waals surface area contributed by atoms with Crippen molar-refractivity contribution in [3.8, 4) is 0 Å². The van der Waals surface area contributed by atoms with Gasteiger partial charge in [0.25, 0.3) is 5.91 Å². The van der Waals surface area contributed by atoms with Gasteiger partial charge in [0.2, 0.25) is 0 Å². The van der Waals surface area contributed by atoms with Gasteiger partial charge in [-0.2, -0.15) is 5.10 Å². The zero-order valence-electron chi connectivity index (χ0n) is 13.1. The summed E-state index contributed by atoms with van der Waals surface area (Å²) in [6, 6.07) is 1.92. The molecule has 5 nitrogen and oxygen atoms in total. The normalized spacial score (nSPS) is 22.8. The molecule has 2 unspecified atom stereocenters. The molecule has 0 spiro atoms. The lowest BCUT2D eigenvalue weighted by Crippen LogP contribution is -2.43. The molecule has 112 valence electrons. The minimum atomic E-state index is 0.0773. The topological polar surface area (TPSA) is 50.5 Å². The number of amides is 1. The summed E-state index contributed by atoms with van der Waals surface area (Å²) in [6.07, 6.45) is 2.89. The van der Waals surface area contributed by atoms with Crippen molar-refractivity contribution in [1.82, 2.24) is 19.5 Å². The Morgan fingerprint density at radius 2 is 1.90 bits per heavy atom. The van der Waals surface area contributed by atoms with Crippen LogP contribution in [-0.4, -0.2) is 38.5 Å². The van der Waals surface area contributed by atoms with Crippen molar-refractivity contribution in [3.63, 3.8) is 0 Å². The fraction of sp³-hybridized carbons (Fsp3) is 0.562. The highest BCUT2D eigenvalue weighted by Crippen LogP contribution is 2.23. The van der Waals surface area contributed by atoms with Crippen molar-refractivity contribution in [2.45, 2.75) is 34.1 Å². The molecule has 0 N–H and O–H groups in total. The number of carbonyl (C=O) groups excluding carboxylic acids is 1. The first-order chi connectivity index (χ1) is 9.95. The van der Waals surface area contributed by atoms with Gasteiger partial charge in [-0.25, -0.2) is 9.50 Å². The van der Waals surface area contributed by atoms with Crippen LogP contribution in [0.3, 0.4) is 0 Å². The predicted octanol–water partition coefficient (Wildman–Crippen LogP) is 2.46. The number of aryl methyl sites for hydroxylation is 2. The predicted molar refractivity (Wildman–Crippen MR) is 81.3 cm³/mol. The van der Waals surface area contributed by atoms with Gasteiger partial charge in [0.15, 0.2) is 5.65 Å². The largest absolute Gasteiger partial charge is 0.338 e. The van der Waals surface area contributed by atoms with Crippen LogP contribution in [0.1, 0.15) is 42.0 Å². The van der Waals surface area contributed by atoms with E-state index in [4.69, 9.17) is 0 Å². The molecule has 2 atom stereocenters. The Kier molecular flexibility index (Phi) is 3.43. The highest BCUT2D eigenvalue weighted by Gasteiger charge is 2.27. The summed E-state index contributed by atoms with van der Waals surface area (Å²) in [5.74, 6) is 1.19. The second-order valence-electron chi connectivity index (χ2n) is 6.47. The van der Waals surface area contributed by atoms with Crippen LogP contribution in [0.2, 0.25) is 0 Å². The van der Waals surface area contributed by atoms with Crippen molar-refractivity contribution >= 4 is 11.6 Å². The van der Waals surface area contributed by atoms with Gasteiger partial charge in [-0.3, -0.25) is 4.79 Å². The molecule has 2 aromatic rings. The lowest BCUT2D eigenvalue weighted by Gasteiger charge is -2.35. The zero-order chi connectivity index (χ0) is 15.1. The molecule has 3 rings (SSSR count). The second kappa shape index (κ2) is 5.13. The maximum Gasteiger partial charge on any atom is 0.257 e. The third kappa shape index (κ3) is 2.52. The number of fused-ring (bicyclic) bond motifs is 1. The number of hydrogen-bond acceptors (Lipinski definition) is 3. The Bertz CT molecular complexity index is 681. The average molecular weight is 286 g/mol. The van der Waals surface area contributed by atoms with Gasteiger partial charge in [0, 0.05) is 25.4 Å². The smallest absolute Gasteiger partial charge is 0.257 e. The third-order valence-electron chi connectivity index (χ3n) is 4.23. The second-order valence-corrected chi connectivity index (χ2v) is 6.47. The molecule has 0 saturated carbocycles. The first-order valence-electron chi connectivity index (χ1n) is 7.57. The van der Waals surface area contributed by atoms with E-state index in [9.17, 15) is 4.79 Å². The number of nitrogens with zero attached hydrogens (tertiary/aromatic N) is 4. The summed E-state index contributed by atoms with van der Waals surface area (Å²) < 4.78 is 1.76. The number of likely N-dealkylation sites (tertiary alicyclic amines) is 1. The standard InChI is InChI=1S/C16H22N4O/c1-10-5-11(2)9-19(8-10)16(21)14-7-17-15-6-12(3)18-20(15)13(14)4/h6-7,10-11H,5,8-9H2,1-4H3. The molecule has 1 fully saturated rings. The van der Waals surface area contributed by atoms with Gasteiger partial charge in [-0.05, 0) is 32.1 Å². The molecule has 0 aliphatic carbocycles. The van der Waals surface area contributed by atoms with Gasteiger partial charge < -0.3 is 4.90 Å². The van der Waals surface area contributed by atoms with Crippen LogP contribution >= 0.6 is 0 Å². The van der Waals surface area contributed by atoms with Crippen molar-refractivity contribution in [1.29, 1.82) is 0 Å². The highest BCUT2D eigenvalue weighted by molar-refractivity contribution is 5.95. The molecule has 21 heavy (non-hydrogen) atoms. The fourth-order valence-electron chi connectivity index (χ4n) is 3.37. The molecule has 1 aliphatic heterocycles. The van der Waals surface area contributed by atoms with Crippen LogP contribution < -0.4 is 0 Å². The molecule has 2 aromatic heterocycles. The Morgan fingerprint density at radius 3 is 2.57 bits per heavy atom. The van der Waals surface area contributed by atoms with Crippen LogP contribution in [0, 0.1) is 25.7 Å². The van der Waals surface area contributed by atoms with Crippen molar-refractivity contribution < 1.29 is 4.79 Å². The Morgan fingerprint density at radius 1 is 1.24 bits per heavy atom. The highest BCUT2D eigenvalue weighted by atomic mass is 16.2. The summed E-state index contributed by atoms with van der Waals surface area (Å²) in [4.78, 5) is 19.1. The lowest BCUT2D eigenvalue weighted by atomic mass is 9.91. The van der Waals surface area contributed by atoms with Crippen molar-refractivity contribution in [3.05, 3.63) is 29.2 Å². The number of carbonyl (C=O) groups is 1. The van der Waals surface area contributed by atoms with E-state index >= 15 is 0 Å². The van der Waals surface area contributed by atoms with Gasteiger partial charge in [-0.15, -0.1) is 0 Å². The molecule has 5 heteroatoms. The quantitative estimate of drug-likeness (QED) is 0.809. The average Bonchev–Trinajstić information content (AvgIpc) is 2.79. The van der Waals surface area contributed by atoms with E-state index in [0.717, 1.165) is 30.1 Å². The maximum atomic E-state index is 12.8. The molecule has 3 heterocycles. The SMILES string of the molecule is Cc1cc2ncc(C(=O)N3CC(C)CC(C)C3)c(C)n2n1. The number of piperidine rings is 1.